The smallest absolute Gasteiger partial charge is 0.119 e. The number of hydrogen-bond donors (Lipinski definition) is 2. The Labute approximate surface area is 130 Å². The second-order valence-electron chi connectivity index (χ2n) is 4.32. The fourth-order valence-corrected chi connectivity index (χ4v) is 1.77. The average Bonchev–Trinajstić information content (AvgIpc) is 2.56. The standard InChI is InChI=1S/C15H16N2O3.C2H6/c1-10-7-13(20-2)4-6-14(10)16-17-15-5-3-12(19)8-11(15)9-18;1-2/h3-8,18-19H,9H2,1-2H3;1-2H3. The zero-order chi connectivity index (χ0) is 16.5. The number of phenolic OH excluding ortho intramolecular Hbond substituents is 1. The highest BCUT2D eigenvalue weighted by Gasteiger charge is 2.03. The van der Waals surface area contributed by atoms with E-state index in [0.29, 0.717) is 11.3 Å². The average molecular weight is 302 g/mol. The van der Waals surface area contributed by atoms with Crippen molar-refractivity contribution < 1.29 is 14.9 Å². The van der Waals surface area contributed by atoms with Gasteiger partial charge in [-0.25, -0.2) is 0 Å². The SMILES string of the molecule is CC.COc1ccc(N=Nc2ccc(O)cc2CO)c(C)c1. The number of ether oxygens (including phenoxy) is 1. The van der Waals surface area contributed by atoms with Crippen molar-refractivity contribution in [2.24, 2.45) is 10.2 Å². The predicted molar refractivity (Wildman–Crippen MR) is 87.3 cm³/mol. The van der Waals surface area contributed by atoms with Gasteiger partial charge in [-0.15, -0.1) is 0 Å². The van der Waals surface area contributed by atoms with Crippen LogP contribution >= 0.6 is 0 Å². The van der Waals surface area contributed by atoms with E-state index in [2.05, 4.69) is 10.2 Å². The number of rotatable bonds is 4. The quantitative estimate of drug-likeness (QED) is 0.808. The van der Waals surface area contributed by atoms with Gasteiger partial charge in [-0.05, 0) is 48.9 Å². The van der Waals surface area contributed by atoms with Crippen LogP contribution in [0.4, 0.5) is 11.4 Å². The van der Waals surface area contributed by atoms with Crippen molar-refractivity contribution in [2.75, 3.05) is 7.11 Å². The monoisotopic (exact) mass is 302 g/mol. The molecule has 0 radical (unpaired) electrons. The summed E-state index contributed by atoms with van der Waals surface area (Å²) in [5.74, 6) is 0.857. The molecular formula is C17H22N2O3. The molecule has 5 heteroatoms. The molecule has 5 nitrogen and oxygen atoms in total. The van der Waals surface area contributed by atoms with Gasteiger partial charge in [-0.1, -0.05) is 13.8 Å². The van der Waals surface area contributed by atoms with Crippen LogP contribution in [-0.2, 0) is 6.61 Å². The van der Waals surface area contributed by atoms with Gasteiger partial charge in [0.25, 0.3) is 0 Å². The summed E-state index contributed by atoms with van der Waals surface area (Å²) in [7, 11) is 1.61. The molecule has 2 rings (SSSR count). The Balaban J connectivity index is 0.00000116. The number of aliphatic hydroxyl groups is 1. The highest BCUT2D eigenvalue weighted by molar-refractivity contribution is 5.52. The maximum atomic E-state index is 9.36. The van der Waals surface area contributed by atoms with Crippen LogP contribution in [0.5, 0.6) is 11.5 Å². The Morgan fingerprint density at radius 2 is 1.64 bits per heavy atom. The lowest BCUT2D eigenvalue weighted by molar-refractivity contribution is 0.281. The molecule has 0 amide bonds. The second kappa shape index (κ2) is 8.79. The lowest BCUT2D eigenvalue weighted by Crippen LogP contribution is -1.84. The number of phenols is 1. The number of aromatic hydroxyl groups is 1. The zero-order valence-electron chi connectivity index (χ0n) is 13.4. The Morgan fingerprint density at radius 3 is 2.23 bits per heavy atom. The molecule has 0 heterocycles. The van der Waals surface area contributed by atoms with Gasteiger partial charge in [0.1, 0.15) is 11.5 Å². The van der Waals surface area contributed by atoms with E-state index in [4.69, 9.17) is 4.74 Å². The van der Waals surface area contributed by atoms with E-state index in [1.54, 1.807) is 13.2 Å². The molecular weight excluding hydrogens is 280 g/mol. The van der Waals surface area contributed by atoms with Gasteiger partial charge in [-0.2, -0.15) is 10.2 Å². The number of hydrogen-bond acceptors (Lipinski definition) is 5. The Bertz CT molecular complexity index is 640. The molecule has 2 aromatic carbocycles. The summed E-state index contributed by atoms with van der Waals surface area (Å²) in [5, 5.41) is 26.9. The van der Waals surface area contributed by atoms with E-state index in [1.807, 2.05) is 39.0 Å². The molecule has 2 N–H and O–H groups in total. The van der Waals surface area contributed by atoms with Crippen LogP contribution in [-0.4, -0.2) is 17.3 Å². The minimum atomic E-state index is -0.204. The first-order valence-electron chi connectivity index (χ1n) is 7.13. The maximum absolute atomic E-state index is 9.36. The van der Waals surface area contributed by atoms with Crippen molar-refractivity contribution in [1.82, 2.24) is 0 Å². The van der Waals surface area contributed by atoms with Gasteiger partial charge < -0.3 is 14.9 Å². The normalized spacial score (nSPS) is 10.2. The summed E-state index contributed by atoms with van der Waals surface area (Å²) in [6.45, 7) is 5.71. The Hall–Kier alpha value is -2.40. The third-order valence-electron chi connectivity index (χ3n) is 2.90. The molecule has 118 valence electrons. The molecule has 0 atom stereocenters. The van der Waals surface area contributed by atoms with Crippen molar-refractivity contribution >= 4 is 11.4 Å². The molecule has 0 unspecified atom stereocenters. The summed E-state index contributed by atoms with van der Waals surface area (Å²) in [5.41, 5.74) is 2.72. The molecule has 0 bridgehead atoms. The van der Waals surface area contributed by atoms with Gasteiger partial charge in [-0.3, -0.25) is 0 Å². The van der Waals surface area contributed by atoms with Crippen molar-refractivity contribution in [1.29, 1.82) is 0 Å². The van der Waals surface area contributed by atoms with Crippen LogP contribution in [0.15, 0.2) is 46.6 Å². The summed E-state index contributed by atoms with van der Waals surface area (Å²) in [6.07, 6.45) is 0. The Kier molecular flexibility index (Phi) is 7.05. The molecule has 0 saturated heterocycles. The van der Waals surface area contributed by atoms with Crippen LogP contribution in [0, 0.1) is 6.92 Å². The van der Waals surface area contributed by atoms with E-state index >= 15 is 0 Å². The number of azo groups is 1. The second-order valence-corrected chi connectivity index (χ2v) is 4.32. The molecule has 22 heavy (non-hydrogen) atoms. The van der Waals surface area contributed by atoms with Gasteiger partial charge in [0.05, 0.1) is 25.1 Å². The molecule has 0 spiro atoms. The third kappa shape index (κ3) is 4.56. The largest absolute Gasteiger partial charge is 0.508 e. The van der Waals surface area contributed by atoms with Gasteiger partial charge in [0.2, 0.25) is 0 Å². The number of methoxy groups -OCH3 is 1. The molecule has 0 aliphatic carbocycles. The minimum absolute atomic E-state index is 0.0913. The highest BCUT2D eigenvalue weighted by Crippen LogP contribution is 2.28. The van der Waals surface area contributed by atoms with Crippen LogP contribution in [0.25, 0.3) is 0 Å². The summed E-state index contributed by atoms with van der Waals surface area (Å²) >= 11 is 0. The van der Waals surface area contributed by atoms with E-state index < -0.39 is 0 Å². The van der Waals surface area contributed by atoms with Crippen molar-refractivity contribution in [3.05, 3.63) is 47.5 Å². The number of aryl methyl sites for hydroxylation is 1. The summed E-state index contributed by atoms with van der Waals surface area (Å²) in [6, 6.07) is 10.1. The van der Waals surface area contributed by atoms with E-state index in [9.17, 15) is 10.2 Å². The van der Waals surface area contributed by atoms with E-state index in [1.165, 1.54) is 12.1 Å². The first-order chi connectivity index (χ1) is 10.6. The van der Waals surface area contributed by atoms with Crippen LogP contribution in [0.3, 0.4) is 0 Å². The molecule has 0 fully saturated rings. The summed E-state index contributed by atoms with van der Waals surface area (Å²) in [4.78, 5) is 0. The van der Waals surface area contributed by atoms with Gasteiger partial charge in [0.15, 0.2) is 0 Å². The fraction of sp³-hybridized carbons (Fsp3) is 0.294. The van der Waals surface area contributed by atoms with Crippen LogP contribution < -0.4 is 4.74 Å². The van der Waals surface area contributed by atoms with E-state index in [-0.39, 0.29) is 12.4 Å². The summed E-state index contributed by atoms with van der Waals surface area (Å²) < 4.78 is 5.13. The van der Waals surface area contributed by atoms with E-state index in [0.717, 1.165) is 17.0 Å². The van der Waals surface area contributed by atoms with Crippen LogP contribution in [0.1, 0.15) is 25.0 Å². The minimum Gasteiger partial charge on any atom is -0.508 e. The lowest BCUT2D eigenvalue weighted by Gasteiger charge is -2.04. The number of benzene rings is 2. The van der Waals surface area contributed by atoms with Crippen LogP contribution in [0.2, 0.25) is 0 Å². The number of aliphatic hydroxyl groups excluding tert-OH is 1. The first-order valence-corrected chi connectivity index (χ1v) is 7.13. The van der Waals surface area contributed by atoms with Gasteiger partial charge >= 0.3 is 0 Å². The van der Waals surface area contributed by atoms with Crippen molar-refractivity contribution in [3.8, 4) is 11.5 Å². The molecule has 0 aromatic heterocycles. The molecule has 0 aliphatic heterocycles. The third-order valence-corrected chi connectivity index (χ3v) is 2.90. The van der Waals surface area contributed by atoms with Crippen molar-refractivity contribution in [2.45, 2.75) is 27.4 Å². The highest BCUT2D eigenvalue weighted by atomic mass is 16.5. The molecule has 0 aliphatic rings. The molecule has 2 aromatic rings. The predicted octanol–water partition coefficient (Wildman–Crippen LogP) is 4.64. The molecule has 0 saturated carbocycles. The first kappa shape index (κ1) is 17.7. The Morgan fingerprint density at radius 1 is 1.00 bits per heavy atom. The number of nitrogens with zero attached hydrogens (tertiary/aromatic N) is 2. The zero-order valence-corrected chi connectivity index (χ0v) is 13.4. The topological polar surface area (TPSA) is 74.4 Å². The lowest BCUT2D eigenvalue weighted by atomic mass is 10.2. The fourth-order valence-electron chi connectivity index (χ4n) is 1.77. The maximum Gasteiger partial charge on any atom is 0.119 e. The van der Waals surface area contributed by atoms with Crippen molar-refractivity contribution in [3.63, 3.8) is 0 Å². The van der Waals surface area contributed by atoms with Gasteiger partial charge in [0, 0.05) is 5.56 Å².